The summed E-state index contributed by atoms with van der Waals surface area (Å²) in [6.07, 6.45) is 0.432. The third-order valence-electron chi connectivity index (χ3n) is 4.48. The Morgan fingerprint density at radius 1 is 1.06 bits per heavy atom. The number of nitrogens with one attached hydrogen (secondary N) is 2. The van der Waals surface area contributed by atoms with Gasteiger partial charge in [-0.25, -0.2) is 0 Å². The molecule has 0 atom stereocenters. The molecule has 0 saturated heterocycles. The van der Waals surface area contributed by atoms with Crippen LogP contribution < -0.4 is 14.8 Å². The first-order valence-corrected chi connectivity index (χ1v) is 9.49. The van der Waals surface area contributed by atoms with Crippen molar-refractivity contribution in [2.24, 2.45) is 0 Å². The van der Waals surface area contributed by atoms with E-state index >= 15 is 0 Å². The average molecular weight is 420 g/mol. The molecule has 2 heterocycles. The smallest absolute Gasteiger partial charge is 0.249 e. The molecule has 0 radical (unpaired) electrons. The van der Waals surface area contributed by atoms with Gasteiger partial charge in [0, 0.05) is 18.4 Å². The zero-order valence-electron chi connectivity index (χ0n) is 17.0. The summed E-state index contributed by atoms with van der Waals surface area (Å²) >= 11 is 0. The third-order valence-corrected chi connectivity index (χ3v) is 4.48. The molecule has 158 valence electrons. The predicted octanol–water partition coefficient (Wildman–Crippen LogP) is 3.11. The number of aromatic amines is 1. The van der Waals surface area contributed by atoms with E-state index in [9.17, 15) is 4.79 Å². The molecule has 2 aromatic heterocycles. The fourth-order valence-electron chi connectivity index (χ4n) is 2.90. The van der Waals surface area contributed by atoms with E-state index in [2.05, 4.69) is 30.6 Å². The maximum absolute atomic E-state index is 12.3. The quantitative estimate of drug-likeness (QED) is 0.445. The van der Waals surface area contributed by atoms with Crippen LogP contribution in [0.1, 0.15) is 12.3 Å². The lowest BCUT2D eigenvalue weighted by Gasteiger charge is -2.04. The Morgan fingerprint density at radius 3 is 2.65 bits per heavy atom. The number of para-hydroxylation sites is 1. The van der Waals surface area contributed by atoms with Crippen LogP contribution in [-0.4, -0.2) is 45.4 Å². The second-order valence-electron chi connectivity index (χ2n) is 6.50. The van der Waals surface area contributed by atoms with Crippen molar-refractivity contribution in [3.05, 3.63) is 54.4 Å². The highest BCUT2D eigenvalue weighted by Gasteiger charge is 2.14. The number of hydrogen-bond donors (Lipinski definition) is 2. The SMILES string of the molecule is COc1ccc(-c2noc(CCC(=O)Nc3n[nH]c(-c4ccccc4OC)n3)n2)cc1. The van der Waals surface area contributed by atoms with Gasteiger partial charge in [0.25, 0.3) is 0 Å². The first-order valence-electron chi connectivity index (χ1n) is 9.49. The normalized spacial score (nSPS) is 10.6. The molecule has 0 aliphatic heterocycles. The van der Waals surface area contributed by atoms with E-state index in [0.717, 1.165) is 16.9 Å². The summed E-state index contributed by atoms with van der Waals surface area (Å²) in [5.41, 5.74) is 1.54. The minimum absolute atomic E-state index is 0.142. The molecular formula is C21H20N6O4. The van der Waals surface area contributed by atoms with Crippen molar-refractivity contribution in [2.45, 2.75) is 12.8 Å². The average Bonchev–Trinajstić information content (AvgIpc) is 3.47. The topological polar surface area (TPSA) is 128 Å². The van der Waals surface area contributed by atoms with Gasteiger partial charge in [0.2, 0.25) is 23.6 Å². The molecule has 0 saturated carbocycles. The maximum atomic E-state index is 12.3. The van der Waals surface area contributed by atoms with E-state index in [4.69, 9.17) is 14.0 Å². The highest BCUT2D eigenvalue weighted by atomic mass is 16.5. The minimum Gasteiger partial charge on any atom is -0.497 e. The second kappa shape index (κ2) is 9.08. The molecule has 0 fully saturated rings. The number of carbonyl (C=O) groups excluding carboxylic acids is 1. The fraction of sp³-hybridized carbons (Fsp3) is 0.190. The van der Waals surface area contributed by atoms with E-state index in [-0.39, 0.29) is 18.3 Å². The minimum atomic E-state index is -0.269. The van der Waals surface area contributed by atoms with E-state index in [1.54, 1.807) is 14.2 Å². The van der Waals surface area contributed by atoms with E-state index < -0.39 is 0 Å². The van der Waals surface area contributed by atoms with Gasteiger partial charge in [-0.1, -0.05) is 17.3 Å². The molecule has 1 amide bonds. The molecule has 0 unspecified atom stereocenters. The van der Waals surface area contributed by atoms with Gasteiger partial charge in [-0.2, -0.15) is 9.97 Å². The van der Waals surface area contributed by atoms with Gasteiger partial charge in [0.15, 0.2) is 5.82 Å². The van der Waals surface area contributed by atoms with Crippen LogP contribution in [0.15, 0.2) is 53.1 Å². The Morgan fingerprint density at radius 2 is 1.87 bits per heavy atom. The third kappa shape index (κ3) is 4.69. The summed E-state index contributed by atoms with van der Waals surface area (Å²) in [7, 11) is 3.18. The number of anilines is 1. The lowest BCUT2D eigenvalue weighted by Crippen LogP contribution is -2.13. The van der Waals surface area contributed by atoms with Gasteiger partial charge in [-0.15, -0.1) is 5.10 Å². The largest absolute Gasteiger partial charge is 0.497 e. The number of hydrogen-bond acceptors (Lipinski definition) is 8. The molecule has 0 bridgehead atoms. The van der Waals surface area contributed by atoms with Crippen LogP contribution in [0.2, 0.25) is 0 Å². The standard InChI is InChI=1S/C21H20N6O4/c1-29-14-9-7-13(8-10-14)19-23-18(31-27-19)12-11-17(28)22-21-24-20(25-26-21)15-5-3-4-6-16(15)30-2/h3-10H,11-12H2,1-2H3,(H2,22,24,25,26,28). The first-order chi connectivity index (χ1) is 15.2. The number of carbonyl (C=O) groups is 1. The zero-order chi connectivity index (χ0) is 21.6. The fourth-order valence-corrected chi connectivity index (χ4v) is 2.90. The van der Waals surface area contributed by atoms with Crippen molar-refractivity contribution < 1.29 is 18.8 Å². The molecule has 0 spiro atoms. The number of amides is 1. The number of ether oxygens (including phenoxy) is 2. The Bertz CT molecular complexity index is 1170. The second-order valence-corrected chi connectivity index (χ2v) is 6.50. The van der Waals surface area contributed by atoms with Crippen molar-refractivity contribution in [1.29, 1.82) is 0 Å². The molecule has 2 N–H and O–H groups in total. The van der Waals surface area contributed by atoms with Crippen molar-refractivity contribution in [2.75, 3.05) is 19.5 Å². The lowest BCUT2D eigenvalue weighted by molar-refractivity contribution is -0.116. The lowest BCUT2D eigenvalue weighted by atomic mass is 10.2. The number of aromatic nitrogens is 5. The number of H-pyrrole nitrogens is 1. The van der Waals surface area contributed by atoms with Crippen molar-refractivity contribution >= 4 is 11.9 Å². The Hall–Kier alpha value is -4.21. The molecule has 10 heteroatoms. The van der Waals surface area contributed by atoms with Crippen molar-refractivity contribution in [1.82, 2.24) is 25.3 Å². The molecule has 0 aliphatic carbocycles. The summed E-state index contributed by atoms with van der Waals surface area (Å²) < 4.78 is 15.7. The maximum Gasteiger partial charge on any atom is 0.249 e. The highest BCUT2D eigenvalue weighted by molar-refractivity contribution is 5.89. The van der Waals surface area contributed by atoms with Crippen LogP contribution in [0.3, 0.4) is 0 Å². The van der Waals surface area contributed by atoms with Crippen molar-refractivity contribution in [3.63, 3.8) is 0 Å². The number of methoxy groups -OCH3 is 2. The van der Waals surface area contributed by atoms with E-state index in [0.29, 0.717) is 29.7 Å². The number of benzene rings is 2. The number of nitrogens with zero attached hydrogens (tertiary/aromatic N) is 4. The molecule has 0 aliphatic rings. The van der Waals surface area contributed by atoms with E-state index in [1.807, 2.05) is 48.5 Å². The summed E-state index contributed by atoms with van der Waals surface area (Å²) in [5.74, 6) is 2.61. The molecule has 10 nitrogen and oxygen atoms in total. The van der Waals surface area contributed by atoms with Gasteiger partial charge in [0.1, 0.15) is 11.5 Å². The summed E-state index contributed by atoms with van der Waals surface area (Å²) in [6.45, 7) is 0. The van der Waals surface area contributed by atoms with Gasteiger partial charge in [-0.05, 0) is 36.4 Å². The van der Waals surface area contributed by atoms with Crippen LogP contribution in [0.25, 0.3) is 22.8 Å². The van der Waals surface area contributed by atoms with Gasteiger partial charge < -0.3 is 14.0 Å². The Balaban J connectivity index is 1.34. The van der Waals surface area contributed by atoms with Crippen LogP contribution in [0.5, 0.6) is 11.5 Å². The Kier molecular flexibility index (Phi) is 5.88. The highest BCUT2D eigenvalue weighted by Crippen LogP contribution is 2.27. The number of rotatable bonds is 8. The van der Waals surface area contributed by atoms with E-state index in [1.165, 1.54) is 0 Å². The molecular weight excluding hydrogens is 400 g/mol. The van der Waals surface area contributed by atoms with Crippen LogP contribution in [0, 0.1) is 0 Å². The summed E-state index contributed by atoms with van der Waals surface area (Å²) in [6, 6.07) is 14.7. The molecule has 4 rings (SSSR count). The summed E-state index contributed by atoms with van der Waals surface area (Å²) in [4.78, 5) is 20.9. The van der Waals surface area contributed by atoms with Crippen LogP contribution in [0.4, 0.5) is 5.95 Å². The number of aryl methyl sites for hydroxylation is 1. The molecule has 31 heavy (non-hydrogen) atoms. The van der Waals surface area contributed by atoms with Crippen LogP contribution in [-0.2, 0) is 11.2 Å². The van der Waals surface area contributed by atoms with Crippen LogP contribution >= 0.6 is 0 Å². The molecule has 4 aromatic rings. The zero-order valence-corrected chi connectivity index (χ0v) is 17.0. The monoisotopic (exact) mass is 420 g/mol. The van der Waals surface area contributed by atoms with Gasteiger partial charge >= 0.3 is 0 Å². The first kappa shape index (κ1) is 20.1. The summed E-state index contributed by atoms with van der Waals surface area (Å²) in [5, 5.41) is 13.4. The predicted molar refractivity (Wildman–Crippen MR) is 112 cm³/mol. The molecule has 2 aromatic carbocycles. The Labute approximate surface area is 177 Å². The van der Waals surface area contributed by atoms with Gasteiger partial charge in [0.05, 0.1) is 19.8 Å². The van der Waals surface area contributed by atoms with Gasteiger partial charge in [-0.3, -0.25) is 15.2 Å². The van der Waals surface area contributed by atoms with Crippen molar-refractivity contribution in [3.8, 4) is 34.3 Å².